The summed E-state index contributed by atoms with van der Waals surface area (Å²) >= 11 is 9.11. The molecule has 0 radical (unpaired) electrons. The second-order valence-electron chi connectivity index (χ2n) is 2.59. The Morgan fingerprint density at radius 1 is 1.46 bits per heavy atom. The summed E-state index contributed by atoms with van der Waals surface area (Å²) in [6.45, 7) is 0. The molecule has 0 aliphatic carbocycles. The van der Waals surface area contributed by atoms with E-state index >= 15 is 0 Å². The highest BCUT2D eigenvalue weighted by Crippen LogP contribution is 2.35. The van der Waals surface area contributed by atoms with Gasteiger partial charge in [-0.15, -0.1) is 0 Å². The molecule has 0 bridgehead atoms. The Balaban J connectivity index is 2.97. The van der Waals surface area contributed by atoms with E-state index in [4.69, 9.17) is 11.6 Å². The van der Waals surface area contributed by atoms with Gasteiger partial charge in [0.1, 0.15) is 5.75 Å². The second-order valence-corrected chi connectivity index (χ2v) is 3.85. The van der Waals surface area contributed by atoms with E-state index in [0.29, 0.717) is 15.9 Å². The number of fused-ring (bicyclic) bond motifs is 1. The van der Waals surface area contributed by atoms with Crippen LogP contribution in [0.15, 0.2) is 28.9 Å². The van der Waals surface area contributed by atoms with Gasteiger partial charge in [-0.25, -0.2) is 0 Å². The maximum absolute atomic E-state index is 9.59. The van der Waals surface area contributed by atoms with Crippen molar-refractivity contribution in [1.29, 1.82) is 0 Å². The molecule has 0 unspecified atom stereocenters. The largest absolute Gasteiger partial charge is 0.506 e. The minimum absolute atomic E-state index is 0.0768. The van der Waals surface area contributed by atoms with Crippen LogP contribution in [0.2, 0.25) is 5.02 Å². The van der Waals surface area contributed by atoms with Crippen LogP contribution in [0.4, 0.5) is 0 Å². The molecule has 2 aromatic rings. The van der Waals surface area contributed by atoms with Gasteiger partial charge < -0.3 is 5.11 Å². The first-order chi connectivity index (χ1) is 6.20. The van der Waals surface area contributed by atoms with Gasteiger partial charge in [0.15, 0.2) is 0 Å². The van der Waals surface area contributed by atoms with Gasteiger partial charge in [0, 0.05) is 16.1 Å². The van der Waals surface area contributed by atoms with Gasteiger partial charge in [-0.2, -0.15) is 0 Å². The van der Waals surface area contributed by atoms with Crippen molar-refractivity contribution in [2.75, 3.05) is 0 Å². The van der Waals surface area contributed by atoms with Crippen LogP contribution < -0.4 is 0 Å². The lowest BCUT2D eigenvalue weighted by Crippen LogP contribution is -1.81. The Labute approximate surface area is 88.3 Å². The zero-order valence-electron chi connectivity index (χ0n) is 6.46. The topological polar surface area (TPSA) is 33.1 Å². The van der Waals surface area contributed by atoms with Crippen LogP contribution >= 0.6 is 27.5 Å². The number of aromatic nitrogens is 1. The average molecular weight is 259 g/mol. The summed E-state index contributed by atoms with van der Waals surface area (Å²) in [6.07, 6.45) is 1.67. The molecule has 0 spiro atoms. The van der Waals surface area contributed by atoms with Crippen LogP contribution in [0.1, 0.15) is 0 Å². The number of aromatic hydroxyl groups is 1. The van der Waals surface area contributed by atoms with Crippen LogP contribution in [-0.2, 0) is 0 Å². The average Bonchev–Trinajstić information content (AvgIpc) is 2.15. The van der Waals surface area contributed by atoms with Gasteiger partial charge in [-0.3, -0.25) is 4.98 Å². The molecule has 0 aliphatic rings. The molecule has 2 nitrogen and oxygen atoms in total. The molecule has 1 aromatic heterocycles. The van der Waals surface area contributed by atoms with Gasteiger partial charge in [0.2, 0.25) is 0 Å². The maximum Gasteiger partial charge on any atom is 0.143 e. The van der Waals surface area contributed by atoms with E-state index in [9.17, 15) is 5.11 Å². The Morgan fingerprint density at radius 2 is 2.23 bits per heavy atom. The number of halogens is 2. The van der Waals surface area contributed by atoms with Crippen molar-refractivity contribution in [3.8, 4) is 5.75 Å². The molecule has 4 heteroatoms. The van der Waals surface area contributed by atoms with E-state index in [1.165, 1.54) is 0 Å². The number of rotatable bonds is 0. The highest BCUT2D eigenvalue weighted by Gasteiger charge is 2.08. The molecule has 1 N–H and O–H groups in total. The monoisotopic (exact) mass is 257 g/mol. The minimum atomic E-state index is 0.0768. The van der Waals surface area contributed by atoms with Gasteiger partial charge in [-0.05, 0) is 34.1 Å². The van der Waals surface area contributed by atoms with Crippen molar-refractivity contribution in [3.63, 3.8) is 0 Å². The van der Waals surface area contributed by atoms with E-state index in [1.807, 2.05) is 0 Å². The lowest BCUT2D eigenvalue weighted by molar-refractivity contribution is 0.482. The third-order valence-corrected chi connectivity index (χ3v) is 2.66. The van der Waals surface area contributed by atoms with Crippen LogP contribution in [0.25, 0.3) is 10.9 Å². The summed E-state index contributed by atoms with van der Waals surface area (Å²) in [5.74, 6) is 0.0768. The predicted octanol–water partition coefficient (Wildman–Crippen LogP) is 3.36. The van der Waals surface area contributed by atoms with E-state index < -0.39 is 0 Å². The number of phenols is 1. The van der Waals surface area contributed by atoms with Gasteiger partial charge >= 0.3 is 0 Å². The highest BCUT2D eigenvalue weighted by atomic mass is 79.9. The van der Waals surface area contributed by atoms with Crippen molar-refractivity contribution in [2.45, 2.75) is 0 Å². The molecule has 0 saturated heterocycles. The molecular weight excluding hydrogens is 253 g/mol. The number of hydrogen-bond acceptors (Lipinski definition) is 2. The Bertz CT molecular complexity index is 472. The fourth-order valence-corrected chi connectivity index (χ4v) is 2.05. The molecule has 0 saturated carbocycles. The molecule has 0 aliphatic heterocycles. The standard InChI is InChI=1S/C9H5BrClNO/c10-6-4-7(11)9(13)5-2-1-3-12-8(5)6/h1-4,13H. The number of benzene rings is 1. The first-order valence-corrected chi connectivity index (χ1v) is 4.79. The smallest absolute Gasteiger partial charge is 0.143 e. The molecule has 1 heterocycles. The molecule has 0 amide bonds. The fraction of sp³-hybridized carbons (Fsp3) is 0. The zero-order valence-corrected chi connectivity index (χ0v) is 8.80. The van der Waals surface area contributed by atoms with Gasteiger partial charge in [-0.1, -0.05) is 11.6 Å². The van der Waals surface area contributed by atoms with E-state index in [2.05, 4.69) is 20.9 Å². The quantitative estimate of drug-likeness (QED) is 0.786. The predicted molar refractivity (Wildman–Crippen MR) is 56.1 cm³/mol. The second kappa shape index (κ2) is 3.16. The van der Waals surface area contributed by atoms with E-state index in [-0.39, 0.29) is 5.75 Å². The molecular formula is C9H5BrClNO. The van der Waals surface area contributed by atoms with Crippen molar-refractivity contribution in [1.82, 2.24) is 4.98 Å². The van der Waals surface area contributed by atoms with Crippen molar-refractivity contribution in [3.05, 3.63) is 33.9 Å². The zero-order chi connectivity index (χ0) is 9.42. The van der Waals surface area contributed by atoms with Crippen molar-refractivity contribution < 1.29 is 5.11 Å². The van der Waals surface area contributed by atoms with Crippen LogP contribution in [0.3, 0.4) is 0 Å². The molecule has 13 heavy (non-hydrogen) atoms. The van der Waals surface area contributed by atoms with Gasteiger partial charge in [0.05, 0.1) is 10.5 Å². The normalized spacial score (nSPS) is 10.6. The van der Waals surface area contributed by atoms with Crippen molar-refractivity contribution in [2.24, 2.45) is 0 Å². The van der Waals surface area contributed by atoms with Gasteiger partial charge in [0.25, 0.3) is 0 Å². The summed E-state index contributed by atoms with van der Waals surface area (Å²) < 4.78 is 0.783. The SMILES string of the molecule is Oc1c(Cl)cc(Br)c2ncccc12. The summed E-state index contributed by atoms with van der Waals surface area (Å²) in [5.41, 5.74) is 0.712. The Hall–Kier alpha value is -0.800. The molecule has 2 rings (SSSR count). The first kappa shape index (κ1) is 8.78. The number of hydrogen-bond donors (Lipinski definition) is 1. The lowest BCUT2D eigenvalue weighted by Gasteiger charge is -2.03. The molecule has 0 atom stereocenters. The Kier molecular flexibility index (Phi) is 2.14. The number of nitrogens with zero attached hydrogens (tertiary/aromatic N) is 1. The summed E-state index contributed by atoms with van der Waals surface area (Å²) in [7, 11) is 0. The van der Waals surface area contributed by atoms with E-state index in [1.54, 1.807) is 24.4 Å². The number of phenolic OH excluding ortho intramolecular Hbond substituents is 1. The highest BCUT2D eigenvalue weighted by molar-refractivity contribution is 9.10. The maximum atomic E-state index is 9.59. The summed E-state index contributed by atoms with van der Waals surface area (Å²) in [6, 6.07) is 5.16. The van der Waals surface area contributed by atoms with Crippen LogP contribution in [0.5, 0.6) is 5.75 Å². The Morgan fingerprint density at radius 3 is 3.00 bits per heavy atom. The number of pyridine rings is 1. The third kappa shape index (κ3) is 1.38. The lowest BCUT2D eigenvalue weighted by atomic mass is 10.2. The van der Waals surface area contributed by atoms with Crippen molar-refractivity contribution >= 4 is 38.4 Å². The molecule has 1 aromatic carbocycles. The van der Waals surface area contributed by atoms with Crippen LogP contribution in [-0.4, -0.2) is 10.1 Å². The minimum Gasteiger partial charge on any atom is -0.506 e. The fourth-order valence-electron chi connectivity index (χ4n) is 1.16. The summed E-state index contributed by atoms with van der Waals surface area (Å²) in [4.78, 5) is 4.12. The van der Waals surface area contributed by atoms with E-state index in [0.717, 1.165) is 4.47 Å². The van der Waals surface area contributed by atoms with Crippen LogP contribution in [0, 0.1) is 0 Å². The third-order valence-electron chi connectivity index (χ3n) is 1.77. The summed E-state index contributed by atoms with van der Waals surface area (Å²) in [5, 5.41) is 10.6. The molecule has 66 valence electrons. The molecule has 0 fully saturated rings. The first-order valence-electron chi connectivity index (χ1n) is 3.62.